The van der Waals surface area contributed by atoms with Gasteiger partial charge < -0.3 is 10.1 Å². The van der Waals surface area contributed by atoms with Gasteiger partial charge in [0.05, 0.1) is 7.11 Å². The van der Waals surface area contributed by atoms with Crippen molar-refractivity contribution >= 4 is 21.6 Å². The van der Waals surface area contributed by atoms with E-state index in [9.17, 15) is 0 Å². The zero-order valence-corrected chi connectivity index (χ0v) is 13.1. The van der Waals surface area contributed by atoms with Crippen LogP contribution < -0.4 is 10.1 Å². The molecule has 0 heterocycles. The molecule has 0 bridgehead atoms. The van der Waals surface area contributed by atoms with Crippen LogP contribution in [0, 0.1) is 11.8 Å². The first-order valence-electron chi connectivity index (χ1n) is 7.35. The molecule has 2 aliphatic rings. The summed E-state index contributed by atoms with van der Waals surface area (Å²) in [5, 5.41) is 3.70. The maximum atomic E-state index is 5.32. The van der Waals surface area contributed by atoms with Gasteiger partial charge in [0.15, 0.2) is 0 Å². The van der Waals surface area contributed by atoms with Gasteiger partial charge in [0.2, 0.25) is 0 Å². The summed E-state index contributed by atoms with van der Waals surface area (Å²) in [7, 11) is 1.72. The molecule has 1 aromatic carbocycles. The Hall–Kier alpha value is -0.700. The molecule has 0 aliphatic heterocycles. The lowest BCUT2D eigenvalue weighted by molar-refractivity contribution is 0.303. The van der Waals surface area contributed by atoms with Crippen molar-refractivity contribution in [1.82, 2.24) is 0 Å². The number of halogens is 1. The Kier molecular flexibility index (Phi) is 4.01. The molecule has 19 heavy (non-hydrogen) atoms. The normalized spacial score (nSPS) is 27.1. The number of anilines is 1. The summed E-state index contributed by atoms with van der Waals surface area (Å²) in [5.41, 5.74) is 1.17. The standard InChI is InChI=1S/C16H22BrNO/c1-19-16-9-13(17)8-15(10-16)18-14-4-2-3-12(7-14)11-5-6-11/h8-12,14,18H,2-7H2,1H3. The highest BCUT2D eigenvalue weighted by Gasteiger charge is 2.34. The summed E-state index contributed by atoms with van der Waals surface area (Å²) in [6, 6.07) is 6.87. The number of methoxy groups -OCH3 is 1. The zero-order valence-electron chi connectivity index (χ0n) is 11.5. The van der Waals surface area contributed by atoms with Crippen LogP contribution in [0.25, 0.3) is 0 Å². The summed E-state index contributed by atoms with van der Waals surface area (Å²) in [4.78, 5) is 0. The molecule has 2 atom stereocenters. The molecule has 0 aromatic heterocycles. The monoisotopic (exact) mass is 323 g/mol. The predicted octanol–water partition coefficient (Wildman–Crippen LogP) is 4.84. The van der Waals surface area contributed by atoms with Gasteiger partial charge in [-0.15, -0.1) is 0 Å². The van der Waals surface area contributed by atoms with Crippen molar-refractivity contribution in [3.05, 3.63) is 22.7 Å². The van der Waals surface area contributed by atoms with Gasteiger partial charge >= 0.3 is 0 Å². The number of nitrogens with one attached hydrogen (secondary N) is 1. The molecule has 2 aliphatic carbocycles. The van der Waals surface area contributed by atoms with Gasteiger partial charge in [-0.3, -0.25) is 0 Å². The Morgan fingerprint density at radius 1 is 1.11 bits per heavy atom. The molecule has 1 N–H and O–H groups in total. The maximum Gasteiger partial charge on any atom is 0.122 e. The number of benzene rings is 1. The van der Waals surface area contributed by atoms with Gasteiger partial charge in [-0.1, -0.05) is 28.8 Å². The third-order valence-corrected chi connectivity index (χ3v) is 4.94. The molecule has 0 radical (unpaired) electrons. The van der Waals surface area contributed by atoms with Crippen molar-refractivity contribution in [1.29, 1.82) is 0 Å². The van der Waals surface area contributed by atoms with E-state index in [1.807, 2.05) is 6.07 Å². The predicted molar refractivity (Wildman–Crippen MR) is 82.8 cm³/mol. The summed E-state index contributed by atoms with van der Waals surface area (Å²) < 4.78 is 6.40. The van der Waals surface area contributed by atoms with Gasteiger partial charge in [-0.2, -0.15) is 0 Å². The Morgan fingerprint density at radius 3 is 2.68 bits per heavy atom. The van der Waals surface area contributed by atoms with Crippen LogP contribution in [0.15, 0.2) is 22.7 Å². The number of rotatable bonds is 4. The van der Waals surface area contributed by atoms with Crippen LogP contribution in [0.2, 0.25) is 0 Å². The quantitative estimate of drug-likeness (QED) is 0.856. The summed E-state index contributed by atoms with van der Waals surface area (Å²) in [6.45, 7) is 0. The van der Waals surface area contributed by atoms with Crippen LogP contribution in [-0.4, -0.2) is 13.2 Å². The van der Waals surface area contributed by atoms with Crippen molar-refractivity contribution in [3.63, 3.8) is 0 Å². The van der Waals surface area contributed by atoms with Crippen LogP contribution >= 0.6 is 15.9 Å². The van der Waals surface area contributed by atoms with E-state index in [2.05, 4.69) is 33.4 Å². The van der Waals surface area contributed by atoms with Crippen molar-refractivity contribution in [2.24, 2.45) is 11.8 Å². The van der Waals surface area contributed by atoms with E-state index in [4.69, 9.17) is 4.74 Å². The molecular weight excluding hydrogens is 302 g/mol. The first kappa shape index (κ1) is 13.3. The van der Waals surface area contributed by atoms with Crippen molar-refractivity contribution in [3.8, 4) is 5.75 Å². The molecule has 104 valence electrons. The van der Waals surface area contributed by atoms with E-state index in [0.717, 1.165) is 22.1 Å². The Balaban J connectivity index is 1.65. The van der Waals surface area contributed by atoms with E-state index >= 15 is 0 Å². The minimum atomic E-state index is 0.637. The van der Waals surface area contributed by atoms with Gasteiger partial charge in [-0.05, 0) is 49.7 Å². The van der Waals surface area contributed by atoms with E-state index in [-0.39, 0.29) is 0 Å². The fourth-order valence-corrected chi connectivity index (χ4v) is 3.83. The molecule has 0 amide bonds. The minimum Gasteiger partial charge on any atom is -0.497 e. The van der Waals surface area contributed by atoms with Crippen LogP contribution in [0.5, 0.6) is 5.75 Å². The highest BCUT2D eigenvalue weighted by Crippen LogP contribution is 2.44. The fourth-order valence-electron chi connectivity index (χ4n) is 3.35. The second-order valence-corrected chi connectivity index (χ2v) is 6.90. The molecule has 2 saturated carbocycles. The van der Waals surface area contributed by atoms with Crippen LogP contribution in [0.3, 0.4) is 0 Å². The molecule has 3 heteroatoms. The number of hydrogen-bond acceptors (Lipinski definition) is 2. The van der Waals surface area contributed by atoms with E-state index in [1.165, 1.54) is 44.2 Å². The summed E-state index contributed by atoms with van der Waals surface area (Å²) in [5.74, 6) is 2.92. The summed E-state index contributed by atoms with van der Waals surface area (Å²) >= 11 is 3.54. The van der Waals surface area contributed by atoms with Crippen LogP contribution in [0.4, 0.5) is 5.69 Å². The number of ether oxygens (including phenoxy) is 1. The first-order chi connectivity index (χ1) is 9.24. The van der Waals surface area contributed by atoms with E-state index in [1.54, 1.807) is 7.11 Å². The minimum absolute atomic E-state index is 0.637. The smallest absolute Gasteiger partial charge is 0.122 e. The molecule has 3 rings (SSSR count). The zero-order chi connectivity index (χ0) is 13.2. The largest absolute Gasteiger partial charge is 0.497 e. The average Bonchev–Trinajstić information content (AvgIpc) is 3.22. The lowest BCUT2D eigenvalue weighted by Crippen LogP contribution is -2.28. The van der Waals surface area contributed by atoms with Crippen molar-refractivity contribution in [2.45, 2.75) is 44.6 Å². The number of hydrogen-bond donors (Lipinski definition) is 1. The SMILES string of the molecule is COc1cc(Br)cc(NC2CCCC(C3CC3)C2)c1. The summed E-state index contributed by atoms with van der Waals surface area (Å²) in [6.07, 6.45) is 8.43. The van der Waals surface area contributed by atoms with E-state index < -0.39 is 0 Å². The van der Waals surface area contributed by atoms with E-state index in [0.29, 0.717) is 6.04 Å². The lowest BCUT2D eigenvalue weighted by Gasteiger charge is -2.30. The van der Waals surface area contributed by atoms with Crippen molar-refractivity contribution < 1.29 is 4.74 Å². The lowest BCUT2D eigenvalue weighted by atomic mass is 9.82. The molecule has 0 saturated heterocycles. The molecule has 2 unspecified atom stereocenters. The van der Waals surface area contributed by atoms with Crippen molar-refractivity contribution in [2.75, 3.05) is 12.4 Å². The Morgan fingerprint density at radius 2 is 1.95 bits per heavy atom. The van der Waals surface area contributed by atoms with Gasteiger partial charge in [-0.25, -0.2) is 0 Å². The Bertz CT molecular complexity index is 444. The molecule has 0 spiro atoms. The Labute approximate surface area is 124 Å². The molecule has 2 nitrogen and oxygen atoms in total. The van der Waals surface area contributed by atoms with Gasteiger partial charge in [0, 0.05) is 22.3 Å². The first-order valence-corrected chi connectivity index (χ1v) is 8.15. The topological polar surface area (TPSA) is 21.3 Å². The average molecular weight is 324 g/mol. The van der Waals surface area contributed by atoms with Crippen LogP contribution in [0.1, 0.15) is 38.5 Å². The second kappa shape index (κ2) is 5.74. The molecule has 2 fully saturated rings. The maximum absolute atomic E-state index is 5.32. The third-order valence-electron chi connectivity index (χ3n) is 4.48. The molecule has 1 aromatic rings. The van der Waals surface area contributed by atoms with Crippen LogP contribution in [-0.2, 0) is 0 Å². The highest BCUT2D eigenvalue weighted by atomic mass is 79.9. The second-order valence-electron chi connectivity index (χ2n) is 5.99. The van der Waals surface area contributed by atoms with Gasteiger partial charge in [0.1, 0.15) is 5.75 Å². The fraction of sp³-hybridized carbons (Fsp3) is 0.625. The van der Waals surface area contributed by atoms with Gasteiger partial charge in [0.25, 0.3) is 0 Å². The molecular formula is C16H22BrNO. The third kappa shape index (κ3) is 3.44. The highest BCUT2D eigenvalue weighted by molar-refractivity contribution is 9.10.